The van der Waals surface area contributed by atoms with E-state index in [-0.39, 0.29) is 0 Å². The van der Waals surface area contributed by atoms with E-state index in [0.717, 1.165) is 23.0 Å². The van der Waals surface area contributed by atoms with Gasteiger partial charge in [0, 0.05) is 12.2 Å². The first-order valence-electron chi connectivity index (χ1n) is 7.27. The molecule has 0 aliphatic heterocycles. The van der Waals surface area contributed by atoms with E-state index in [4.69, 9.17) is 0 Å². The molecule has 4 rings (SSSR count). The Labute approximate surface area is 137 Å². The summed E-state index contributed by atoms with van der Waals surface area (Å²) in [6.07, 6.45) is 0.882. The van der Waals surface area contributed by atoms with E-state index in [9.17, 15) is 0 Å². The van der Waals surface area contributed by atoms with Crippen molar-refractivity contribution in [2.75, 3.05) is 0 Å². The fourth-order valence-corrected chi connectivity index (χ4v) is 4.31. The van der Waals surface area contributed by atoms with Crippen molar-refractivity contribution < 1.29 is 0 Å². The smallest absolute Gasteiger partial charge is 0.143 e. The highest BCUT2D eigenvalue weighted by Crippen LogP contribution is 2.32. The summed E-state index contributed by atoms with van der Waals surface area (Å²) < 4.78 is 3.55. The first kappa shape index (κ1) is 13.8. The van der Waals surface area contributed by atoms with E-state index in [1.807, 2.05) is 6.07 Å². The molecule has 110 valence electrons. The monoisotopic (exact) mass is 325 g/mol. The van der Waals surface area contributed by atoms with Gasteiger partial charge in [-0.1, -0.05) is 49.0 Å². The summed E-state index contributed by atoms with van der Waals surface area (Å²) >= 11 is 3.52. The van der Waals surface area contributed by atoms with Crippen molar-refractivity contribution in [3.05, 3.63) is 59.2 Å². The highest BCUT2D eigenvalue weighted by molar-refractivity contribution is 7.98. The number of benzene rings is 1. The topological polar surface area (TPSA) is 30.2 Å². The van der Waals surface area contributed by atoms with Crippen LogP contribution in [0.2, 0.25) is 0 Å². The number of rotatable bonds is 4. The molecule has 3 nitrogen and oxygen atoms in total. The molecule has 0 saturated heterocycles. The van der Waals surface area contributed by atoms with E-state index < -0.39 is 0 Å². The highest BCUT2D eigenvalue weighted by atomic mass is 32.2. The van der Waals surface area contributed by atoms with Gasteiger partial charge in [0.25, 0.3) is 0 Å². The first-order valence-corrected chi connectivity index (χ1v) is 9.14. The number of aromatic nitrogens is 3. The number of hydrogen-bond donors (Lipinski definition) is 0. The summed E-state index contributed by atoms with van der Waals surface area (Å²) in [4.78, 5) is 0. The third-order valence-corrected chi connectivity index (χ3v) is 5.59. The molecule has 0 atom stereocenters. The van der Waals surface area contributed by atoms with Crippen LogP contribution < -0.4 is 0 Å². The minimum Gasteiger partial charge on any atom is -0.293 e. The van der Waals surface area contributed by atoms with Crippen molar-refractivity contribution in [2.24, 2.45) is 0 Å². The lowest BCUT2D eigenvalue weighted by atomic mass is 10.2. The van der Waals surface area contributed by atoms with Crippen molar-refractivity contribution in [3.8, 4) is 0 Å². The lowest BCUT2D eigenvalue weighted by Gasteiger charge is -2.07. The Morgan fingerprint density at radius 2 is 1.95 bits per heavy atom. The summed E-state index contributed by atoms with van der Waals surface area (Å²) in [5, 5.41) is 12.0. The van der Waals surface area contributed by atoms with Crippen LogP contribution in [0.3, 0.4) is 0 Å². The lowest BCUT2D eigenvalue weighted by molar-refractivity contribution is 0.793. The molecule has 0 bridgehead atoms. The van der Waals surface area contributed by atoms with E-state index in [1.54, 1.807) is 23.1 Å². The van der Waals surface area contributed by atoms with Gasteiger partial charge in [0.05, 0.1) is 15.7 Å². The molecule has 0 amide bonds. The minimum absolute atomic E-state index is 0.882. The van der Waals surface area contributed by atoms with Gasteiger partial charge in [0.2, 0.25) is 0 Å². The second-order valence-corrected chi connectivity index (χ2v) is 7.00. The van der Waals surface area contributed by atoms with Crippen LogP contribution in [0.1, 0.15) is 18.3 Å². The van der Waals surface area contributed by atoms with Crippen LogP contribution in [0.4, 0.5) is 0 Å². The summed E-state index contributed by atoms with van der Waals surface area (Å²) in [6.45, 7) is 2.12. The molecule has 4 aromatic rings. The van der Waals surface area contributed by atoms with E-state index in [1.165, 1.54) is 21.3 Å². The summed E-state index contributed by atoms with van der Waals surface area (Å²) in [6, 6.07) is 14.9. The minimum atomic E-state index is 0.882. The van der Waals surface area contributed by atoms with Crippen LogP contribution in [0.25, 0.3) is 15.7 Å². The average Bonchev–Trinajstić information content (AvgIpc) is 3.15. The fraction of sp³-hybridized carbons (Fsp3) is 0.176. The second kappa shape index (κ2) is 5.74. The van der Waals surface area contributed by atoms with Gasteiger partial charge >= 0.3 is 0 Å². The van der Waals surface area contributed by atoms with Crippen molar-refractivity contribution >= 4 is 38.8 Å². The molecule has 3 heterocycles. The predicted octanol–water partition coefficient (Wildman–Crippen LogP) is 4.80. The van der Waals surface area contributed by atoms with Gasteiger partial charge in [-0.05, 0) is 23.1 Å². The van der Waals surface area contributed by atoms with Crippen molar-refractivity contribution in [2.45, 2.75) is 24.1 Å². The standard InChI is InChI=1S/C17H15N3S2/c1-2-16-18-19-17(22-11-12-6-4-3-5-7-12)14-10-15-13(20(14)16)8-9-21-15/h3-10H,2,11H2,1H3. The Balaban J connectivity index is 1.78. The Morgan fingerprint density at radius 1 is 1.09 bits per heavy atom. The van der Waals surface area contributed by atoms with E-state index in [2.05, 4.69) is 63.3 Å². The second-order valence-electron chi connectivity index (χ2n) is 5.08. The molecule has 0 radical (unpaired) electrons. The average molecular weight is 325 g/mol. The summed E-state index contributed by atoms with van der Waals surface area (Å²) in [5.41, 5.74) is 3.73. The quantitative estimate of drug-likeness (QED) is 0.505. The SMILES string of the molecule is CCc1nnc(SCc2ccccc2)c2cc3sccc3n12. The Hall–Kier alpha value is -1.85. The predicted molar refractivity (Wildman–Crippen MR) is 93.8 cm³/mol. The van der Waals surface area contributed by atoms with Crippen LogP contribution in [0.15, 0.2) is 52.9 Å². The maximum absolute atomic E-state index is 4.46. The third kappa shape index (κ3) is 2.30. The van der Waals surface area contributed by atoms with Crippen molar-refractivity contribution in [1.82, 2.24) is 14.6 Å². The van der Waals surface area contributed by atoms with Gasteiger partial charge in [0.15, 0.2) is 0 Å². The van der Waals surface area contributed by atoms with Gasteiger partial charge in [-0.2, -0.15) is 0 Å². The molecule has 0 N–H and O–H groups in total. The molecule has 0 spiro atoms. The molecule has 0 saturated carbocycles. The summed E-state index contributed by atoms with van der Waals surface area (Å²) in [7, 11) is 0. The van der Waals surface area contributed by atoms with Gasteiger partial charge in [-0.25, -0.2) is 0 Å². The molecule has 0 fully saturated rings. The first-order chi connectivity index (χ1) is 10.9. The number of fused-ring (bicyclic) bond motifs is 3. The normalized spacial score (nSPS) is 11.5. The van der Waals surface area contributed by atoms with Crippen LogP contribution in [-0.4, -0.2) is 14.6 Å². The van der Waals surface area contributed by atoms with Crippen LogP contribution in [-0.2, 0) is 12.2 Å². The number of nitrogens with zero attached hydrogens (tertiary/aromatic N) is 3. The molecule has 1 aromatic carbocycles. The molecular formula is C17H15N3S2. The van der Waals surface area contributed by atoms with Crippen LogP contribution in [0.5, 0.6) is 0 Å². The number of thiophene rings is 1. The molecule has 22 heavy (non-hydrogen) atoms. The molecule has 0 aliphatic carbocycles. The maximum atomic E-state index is 4.46. The third-order valence-electron chi connectivity index (χ3n) is 3.69. The Morgan fingerprint density at radius 3 is 2.77 bits per heavy atom. The number of hydrogen-bond acceptors (Lipinski definition) is 4. The van der Waals surface area contributed by atoms with Crippen molar-refractivity contribution in [1.29, 1.82) is 0 Å². The van der Waals surface area contributed by atoms with Crippen LogP contribution in [0, 0.1) is 0 Å². The molecule has 0 aliphatic rings. The van der Waals surface area contributed by atoms with Gasteiger partial charge < -0.3 is 0 Å². The van der Waals surface area contributed by atoms with Gasteiger partial charge in [-0.3, -0.25) is 4.40 Å². The highest BCUT2D eigenvalue weighted by Gasteiger charge is 2.13. The zero-order chi connectivity index (χ0) is 14.9. The Kier molecular flexibility index (Phi) is 3.60. The zero-order valence-corrected chi connectivity index (χ0v) is 13.8. The zero-order valence-electron chi connectivity index (χ0n) is 12.2. The molecule has 3 aromatic heterocycles. The Bertz CT molecular complexity index is 925. The number of aryl methyl sites for hydroxylation is 1. The van der Waals surface area contributed by atoms with Gasteiger partial charge in [0.1, 0.15) is 10.9 Å². The molecule has 5 heteroatoms. The molecule has 0 unspecified atom stereocenters. The van der Waals surface area contributed by atoms with Crippen molar-refractivity contribution in [3.63, 3.8) is 0 Å². The largest absolute Gasteiger partial charge is 0.293 e. The van der Waals surface area contributed by atoms with E-state index >= 15 is 0 Å². The molecular weight excluding hydrogens is 310 g/mol. The summed E-state index contributed by atoms with van der Waals surface area (Å²) in [5.74, 6) is 1.93. The lowest BCUT2D eigenvalue weighted by Crippen LogP contribution is -2.03. The number of thioether (sulfide) groups is 1. The fourth-order valence-electron chi connectivity index (χ4n) is 2.62. The van der Waals surface area contributed by atoms with E-state index in [0.29, 0.717) is 0 Å². The maximum Gasteiger partial charge on any atom is 0.143 e. The van der Waals surface area contributed by atoms with Crippen LogP contribution >= 0.6 is 23.1 Å². The van der Waals surface area contributed by atoms with Gasteiger partial charge in [-0.15, -0.1) is 21.5 Å².